The lowest BCUT2D eigenvalue weighted by atomic mass is 9.98. The molecule has 2 N–H and O–H groups in total. The maximum absolute atomic E-state index is 13.7. The number of likely N-dealkylation sites (N-methyl/N-ethyl adjacent to an activating group) is 1. The molecule has 100 valence electrons. The highest BCUT2D eigenvalue weighted by atomic mass is 79.9. The molecule has 2 atom stereocenters. The molecule has 1 saturated heterocycles. The third kappa shape index (κ3) is 2.74. The standard InChI is InChI=1S/C13H18BrFN2O/c1-2-17-5-6-18-12(8-16)13(17)9-3-4-10(14)11(15)7-9/h3-4,7,12-13H,2,5-6,8,16H2,1H3. The van der Waals surface area contributed by atoms with Gasteiger partial charge in [0.25, 0.3) is 0 Å². The molecule has 0 aliphatic carbocycles. The summed E-state index contributed by atoms with van der Waals surface area (Å²) in [5.74, 6) is -0.245. The van der Waals surface area contributed by atoms with Crippen molar-refractivity contribution in [2.75, 3.05) is 26.2 Å². The van der Waals surface area contributed by atoms with Crippen molar-refractivity contribution in [1.29, 1.82) is 0 Å². The van der Waals surface area contributed by atoms with Crippen LogP contribution >= 0.6 is 15.9 Å². The van der Waals surface area contributed by atoms with Crippen molar-refractivity contribution in [3.05, 3.63) is 34.1 Å². The predicted molar refractivity (Wildman–Crippen MR) is 72.9 cm³/mol. The van der Waals surface area contributed by atoms with E-state index < -0.39 is 0 Å². The van der Waals surface area contributed by atoms with Crippen LogP contribution in [0.3, 0.4) is 0 Å². The molecule has 3 nitrogen and oxygen atoms in total. The van der Waals surface area contributed by atoms with Crippen LogP contribution in [0.15, 0.2) is 22.7 Å². The number of rotatable bonds is 3. The van der Waals surface area contributed by atoms with E-state index in [0.29, 0.717) is 17.6 Å². The van der Waals surface area contributed by atoms with Crippen LogP contribution in [0.1, 0.15) is 18.5 Å². The molecule has 0 bridgehead atoms. The second-order valence-corrected chi connectivity index (χ2v) is 5.25. The first-order valence-electron chi connectivity index (χ1n) is 6.18. The van der Waals surface area contributed by atoms with Crippen molar-refractivity contribution in [1.82, 2.24) is 4.90 Å². The first-order valence-corrected chi connectivity index (χ1v) is 6.97. The maximum Gasteiger partial charge on any atom is 0.137 e. The summed E-state index contributed by atoms with van der Waals surface area (Å²) in [6.45, 7) is 4.99. The van der Waals surface area contributed by atoms with E-state index >= 15 is 0 Å². The number of benzene rings is 1. The lowest BCUT2D eigenvalue weighted by Gasteiger charge is -2.40. The fourth-order valence-electron chi connectivity index (χ4n) is 2.46. The van der Waals surface area contributed by atoms with E-state index in [1.807, 2.05) is 6.07 Å². The number of nitrogens with zero attached hydrogens (tertiary/aromatic N) is 1. The largest absolute Gasteiger partial charge is 0.374 e. The first kappa shape index (κ1) is 13.9. The summed E-state index contributed by atoms with van der Waals surface area (Å²) >= 11 is 3.17. The fraction of sp³-hybridized carbons (Fsp3) is 0.538. The second-order valence-electron chi connectivity index (χ2n) is 4.39. The van der Waals surface area contributed by atoms with Crippen molar-refractivity contribution in [2.45, 2.75) is 19.1 Å². The Hall–Kier alpha value is -0.490. The molecule has 0 saturated carbocycles. The number of hydrogen-bond acceptors (Lipinski definition) is 3. The zero-order valence-corrected chi connectivity index (χ0v) is 12.0. The molecule has 1 aromatic rings. The van der Waals surface area contributed by atoms with Gasteiger partial charge < -0.3 is 10.5 Å². The molecule has 0 spiro atoms. The molecule has 2 rings (SSSR count). The van der Waals surface area contributed by atoms with Gasteiger partial charge in [0.15, 0.2) is 0 Å². The summed E-state index contributed by atoms with van der Waals surface area (Å²) in [5, 5.41) is 0. The van der Waals surface area contributed by atoms with E-state index in [-0.39, 0.29) is 18.0 Å². The zero-order chi connectivity index (χ0) is 13.1. The molecule has 18 heavy (non-hydrogen) atoms. The van der Waals surface area contributed by atoms with Gasteiger partial charge in [-0.15, -0.1) is 0 Å². The minimum Gasteiger partial charge on any atom is -0.374 e. The summed E-state index contributed by atoms with van der Waals surface area (Å²) in [7, 11) is 0. The Morgan fingerprint density at radius 2 is 2.33 bits per heavy atom. The molecular weight excluding hydrogens is 299 g/mol. The minimum atomic E-state index is -0.245. The highest BCUT2D eigenvalue weighted by Crippen LogP contribution is 2.30. The average Bonchev–Trinajstić information content (AvgIpc) is 2.41. The normalized spacial score (nSPS) is 25.3. The van der Waals surface area contributed by atoms with Gasteiger partial charge in [0.1, 0.15) is 5.82 Å². The van der Waals surface area contributed by atoms with Crippen molar-refractivity contribution in [3.8, 4) is 0 Å². The lowest BCUT2D eigenvalue weighted by molar-refractivity contribution is -0.0659. The molecule has 1 aliphatic rings. The minimum absolute atomic E-state index is 0.0383. The van der Waals surface area contributed by atoms with Gasteiger partial charge in [-0.25, -0.2) is 4.39 Å². The molecule has 1 aliphatic heterocycles. The third-order valence-electron chi connectivity index (χ3n) is 3.38. The highest BCUT2D eigenvalue weighted by Gasteiger charge is 2.32. The Kier molecular flexibility index (Phi) is 4.72. The second kappa shape index (κ2) is 6.10. The topological polar surface area (TPSA) is 38.5 Å². The monoisotopic (exact) mass is 316 g/mol. The molecule has 1 aromatic carbocycles. The van der Waals surface area contributed by atoms with E-state index in [2.05, 4.69) is 27.8 Å². The van der Waals surface area contributed by atoms with E-state index in [0.717, 1.165) is 18.7 Å². The Morgan fingerprint density at radius 3 is 2.94 bits per heavy atom. The first-order chi connectivity index (χ1) is 8.67. The summed E-state index contributed by atoms with van der Waals surface area (Å²) in [6, 6.07) is 5.27. The molecule has 1 heterocycles. The molecule has 0 aromatic heterocycles. The number of halogens is 2. The van der Waals surface area contributed by atoms with Crippen LogP contribution in [-0.4, -0.2) is 37.2 Å². The summed E-state index contributed by atoms with van der Waals surface area (Å²) in [6.07, 6.45) is -0.0701. The van der Waals surface area contributed by atoms with E-state index in [1.165, 1.54) is 0 Å². The van der Waals surface area contributed by atoms with Crippen LogP contribution in [0.2, 0.25) is 0 Å². The van der Waals surface area contributed by atoms with Crippen LogP contribution in [0.25, 0.3) is 0 Å². The Bertz CT molecular complexity index is 404. The van der Waals surface area contributed by atoms with Gasteiger partial charge in [-0.05, 0) is 40.2 Å². The Labute approximate surface area is 115 Å². The van der Waals surface area contributed by atoms with Crippen LogP contribution in [0, 0.1) is 5.82 Å². The number of nitrogens with two attached hydrogens (primary N) is 1. The quantitative estimate of drug-likeness (QED) is 0.930. The molecular formula is C13H18BrFN2O. The smallest absolute Gasteiger partial charge is 0.137 e. The predicted octanol–water partition coefficient (Wildman–Crippen LogP) is 2.31. The van der Waals surface area contributed by atoms with Crippen LogP contribution in [0.4, 0.5) is 4.39 Å². The van der Waals surface area contributed by atoms with E-state index in [1.54, 1.807) is 12.1 Å². The highest BCUT2D eigenvalue weighted by molar-refractivity contribution is 9.10. The van der Waals surface area contributed by atoms with Crippen LogP contribution in [0.5, 0.6) is 0 Å². The molecule has 5 heteroatoms. The summed E-state index contributed by atoms with van der Waals surface area (Å²) < 4.78 is 19.8. The van der Waals surface area contributed by atoms with Gasteiger partial charge in [0, 0.05) is 13.1 Å². The molecule has 2 unspecified atom stereocenters. The molecule has 0 amide bonds. The molecule has 0 radical (unpaired) electrons. The summed E-state index contributed by atoms with van der Waals surface area (Å²) in [5.41, 5.74) is 6.68. The van der Waals surface area contributed by atoms with Gasteiger partial charge in [-0.3, -0.25) is 4.90 Å². The van der Waals surface area contributed by atoms with Crippen LogP contribution in [-0.2, 0) is 4.74 Å². The van der Waals surface area contributed by atoms with E-state index in [4.69, 9.17) is 10.5 Å². The van der Waals surface area contributed by atoms with Crippen molar-refractivity contribution in [2.24, 2.45) is 5.73 Å². The van der Waals surface area contributed by atoms with Gasteiger partial charge in [0.2, 0.25) is 0 Å². The average molecular weight is 317 g/mol. The molecule has 1 fully saturated rings. The van der Waals surface area contributed by atoms with Crippen LogP contribution < -0.4 is 5.73 Å². The number of ether oxygens (including phenoxy) is 1. The zero-order valence-electron chi connectivity index (χ0n) is 10.4. The van der Waals surface area contributed by atoms with Crippen molar-refractivity contribution in [3.63, 3.8) is 0 Å². The lowest BCUT2D eigenvalue weighted by Crippen LogP contribution is -2.48. The van der Waals surface area contributed by atoms with Crippen molar-refractivity contribution < 1.29 is 9.13 Å². The fourth-order valence-corrected chi connectivity index (χ4v) is 2.71. The SMILES string of the molecule is CCN1CCOC(CN)C1c1ccc(Br)c(F)c1. The van der Waals surface area contributed by atoms with Gasteiger partial charge in [0.05, 0.1) is 23.2 Å². The van der Waals surface area contributed by atoms with E-state index in [9.17, 15) is 4.39 Å². The van der Waals surface area contributed by atoms with Crippen molar-refractivity contribution >= 4 is 15.9 Å². The maximum atomic E-state index is 13.7. The number of hydrogen-bond donors (Lipinski definition) is 1. The summed E-state index contributed by atoms with van der Waals surface area (Å²) in [4.78, 5) is 2.28. The number of morpholine rings is 1. The van der Waals surface area contributed by atoms with Gasteiger partial charge in [-0.2, -0.15) is 0 Å². The van der Waals surface area contributed by atoms with Gasteiger partial charge in [-0.1, -0.05) is 13.0 Å². The Balaban J connectivity index is 2.32. The Morgan fingerprint density at radius 1 is 1.56 bits per heavy atom. The third-order valence-corrected chi connectivity index (χ3v) is 4.02. The van der Waals surface area contributed by atoms with Gasteiger partial charge >= 0.3 is 0 Å².